The molecule has 16 heavy (non-hydrogen) atoms. The molecular weight excluding hydrogens is 200 g/mol. The minimum Gasteiger partial charge on any atom is -0.342 e. The van der Waals surface area contributed by atoms with Gasteiger partial charge in [0.15, 0.2) is 0 Å². The van der Waals surface area contributed by atoms with Crippen LogP contribution in [0.1, 0.15) is 45.4 Å². The summed E-state index contributed by atoms with van der Waals surface area (Å²) in [5.41, 5.74) is 0. The first-order chi connectivity index (χ1) is 7.66. The van der Waals surface area contributed by atoms with Gasteiger partial charge in [0.05, 0.1) is 6.54 Å². The number of hydrogen-bond donors (Lipinski definition) is 1. The molecule has 1 N–H and O–H groups in total. The molecule has 0 unspecified atom stereocenters. The Morgan fingerprint density at radius 3 is 2.38 bits per heavy atom. The van der Waals surface area contributed by atoms with Crippen LogP contribution in [0.3, 0.4) is 0 Å². The summed E-state index contributed by atoms with van der Waals surface area (Å²) in [6.07, 6.45) is 7.42. The van der Waals surface area contributed by atoms with Gasteiger partial charge in [-0.2, -0.15) is 0 Å². The summed E-state index contributed by atoms with van der Waals surface area (Å²) >= 11 is 0. The lowest BCUT2D eigenvalue weighted by molar-refractivity contribution is -0.131. The standard InChI is InChI=1S/C13H24N2O/c1-10-3-7-12(8-4-10)15(2)13(16)9-14-11-5-6-11/h10-12,14H,3-9H2,1-2H3. The molecule has 2 saturated carbocycles. The molecule has 3 heteroatoms. The van der Waals surface area contributed by atoms with E-state index in [1.165, 1.54) is 38.5 Å². The number of rotatable bonds is 4. The number of hydrogen-bond acceptors (Lipinski definition) is 2. The molecule has 0 aliphatic heterocycles. The van der Waals surface area contributed by atoms with Crippen molar-refractivity contribution in [3.05, 3.63) is 0 Å². The Kier molecular flexibility index (Phi) is 3.85. The Hall–Kier alpha value is -0.570. The molecule has 2 fully saturated rings. The van der Waals surface area contributed by atoms with Gasteiger partial charge in [-0.25, -0.2) is 0 Å². The van der Waals surface area contributed by atoms with Crippen molar-refractivity contribution in [1.29, 1.82) is 0 Å². The molecule has 2 aliphatic carbocycles. The van der Waals surface area contributed by atoms with Gasteiger partial charge in [-0.3, -0.25) is 4.79 Å². The fourth-order valence-corrected chi connectivity index (χ4v) is 2.48. The van der Waals surface area contributed by atoms with Crippen molar-refractivity contribution in [3.63, 3.8) is 0 Å². The van der Waals surface area contributed by atoms with Crippen LogP contribution in [0.25, 0.3) is 0 Å². The van der Waals surface area contributed by atoms with Gasteiger partial charge < -0.3 is 10.2 Å². The highest BCUT2D eigenvalue weighted by atomic mass is 16.2. The molecule has 1 amide bonds. The predicted molar refractivity (Wildman–Crippen MR) is 65.2 cm³/mol. The molecule has 0 spiro atoms. The lowest BCUT2D eigenvalue weighted by atomic mass is 9.87. The zero-order valence-corrected chi connectivity index (χ0v) is 10.5. The van der Waals surface area contributed by atoms with Crippen LogP contribution in [0.2, 0.25) is 0 Å². The quantitative estimate of drug-likeness (QED) is 0.789. The minimum atomic E-state index is 0.270. The van der Waals surface area contributed by atoms with Crippen molar-refractivity contribution < 1.29 is 4.79 Å². The number of likely N-dealkylation sites (N-methyl/N-ethyl adjacent to an activating group) is 1. The van der Waals surface area contributed by atoms with E-state index in [4.69, 9.17) is 0 Å². The molecule has 2 rings (SSSR count). The van der Waals surface area contributed by atoms with Crippen LogP contribution in [0.4, 0.5) is 0 Å². The SMILES string of the molecule is CC1CCC(N(C)C(=O)CNC2CC2)CC1. The van der Waals surface area contributed by atoms with Gasteiger partial charge in [-0.15, -0.1) is 0 Å². The molecule has 0 saturated heterocycles. The first kappa shape index (κ1) is 11.9. The Morgan fingerprint density at radius 2 is 1.81 bits per heavy atom. The Morgan fingerprint density at radius 1 is 1.19 bits per heavy atom. The van der Waals surface area contributed by atoms with E-state index in [1.807, 2.05) is 11.9 Å². The summed E-state index contributed by atoms with van der Waals surface area (Å²) in [7, 11) is 1.97. The van der Waals surface area contributed by atoms with Gasteiger partial charge in [0.25, 0.3) is 0 Å². The maximum Gasteiger partial charge on any atom is 0.236 e. The van der Waals surface area contributed by atoms with Crippen LogP contribution in [-0.4, -0.2) is 36.5 Å². The topological polar surface area (TPSA) is 32.3 Å². The zero-order chi connectivity index (χ0) is 11.5. The second-order valence-electron chi connectivity index (χ2n) is 5.57. The molecule has 3 nitrogen and oxygen atoms in total. The minimum absolute atomic E-state index is 0.270. The monoisotopic (exact) mass is 224 g/mol. The van der Waals surface area contributed by atoms with Crippen LogP contribution in [-0.2, 0) is 4.79 Å². The molecule has 0 heterocycles. The van der Waals surface area contributed by atoms with Gasteiger partial charge in [0.2, 0.25) is 5.91 Å². The van der Waals surface area contributed by atoms with Crippen molar-refractivity contribution >= 4 is 5.91 Å². The highest BCUT2D eigenvalue weighted by Gasteiger charge is 2.26. The van der Waals surface area contributed by atoms with E-state index in [2.05, 4.69) is 12.2 Å². The van der Waals surface area contributed by atoms with E-state index < -0.39 is 0 Å². The van der Waals surface area contributed by atoms with Crippen LogP contribution in [0.5, 0.6) is 0 Å². The fraction of sp³-hybridized carbons (Fsp3) is 0.923. The van der Waals surface area contributed by atoms with Gasteiger partial charge in [0.1, 0.15) is 0 Å². The third-order valence-corrected chi connectivity index (χ3v) is 4.05. The molecule has 0 atom stereocenters. The van der Waals surface area contributed by atoms with Crippen LogP contribution in [0.15, 0.2) is 0 Å². The van der Waals surface area contributed by atoms with Gasteiger partial charge >= 0.3 is 0 Å². The molecule has 2 aliphatic rings. The van der Waals surface area contributed by atoms with Crippen LogP contribution < -0.4 is 5.32 Å². The summed E-state index contributed by atoms with van der Waals surface area (Å²) in [4.78, 5) is 13.9. The molecule has 0 radical (unpaired) electrons. The van der Waals surface area contributed by atoms with Crippen molar-refractivity contribution in [3.8, 4) is 0 Å². The predicted octanol–water partition coefficient (Wildman–Crippen LogP) is 1.78. The molecule has 0 aromatic rings. The number of carbonyl (C=O) groups is 1. The van der Waals surface area contributed by atoms with Crippen molar-refractivity contribution in [2.75, 3.05) is 13.6 Å². The normalized spacial score (nSPS) is 30.1. The van der Waals surface area contributed by atoms with E-state index >= 15 is 0 Å². The number of amides is 1. The van der Waals surface area contributed by atoms with E-state index in [-0.39, 0.29) is 5.91 Å². The molecule has 0 aromatic heterocycles. The van der Waals surface area contributed by atoms with Gasteiger partial charge in [-0.1, -0.05) is 6.92 Å². The second-order valence-corrected chi connectivity index (χ2v) is 5.57. The Labute approximate surface area is 98.6 Å². The highest BCUT2D eigenvalue weighted by Crippen LogP contribution is 2.26. The van der Waals surface area contributed by atoms with E-state index in [0.29, 0.717) is 18.6 Å². The van der Waals surface area contributed by atoms with Crippen molar-refractivity contribution in [2.24, 2.45) is 5.92 Å². The number of nitrogens with zero attached hydrogens (tertiary/aromatic N) is 1. The largest absolute Gasteiger partial charge is 0.342 e. The van der Waals surface area contributed by atoms with Crippen LogP contribution >= 0.6 is 0 Å². The zero-order valence-electron chi connectivity index (χ0n) is 10.5. The van der Waals surface area contributed by atoms with Crippen LogP contribution in [0, 0.1) is 5.92 Å². The summed E-state index contributed by atoms with van der Waals surface area (Å²) in [6.45, 7) is 2.85. The average molecular weight is 224 g/mol. The maximum atomic E-state index is 11.9. The second kappa shape index (κ2) is 5.17. The molecule has 92 valence electrons. The third-order valence-electron chi connectivity index (χ3n) is 4.05. The summed E-state index contributed by atoms with van der Waals surface area (Å²) < 4.78 is 0. The first-order valence-corrected chi connectivity index (χ1v) is 6.66. The average Bonchev–Trinajstić information content (AvgIpc) is 3.10. The van der Waals surface area contributed by atoms with Gasteiger partial charge in [0, 0.05) is 19.1 Å². The molecule has 0 aromatic carbocycles. The fourth-order valence-electron chi connectivity index (χ4n) is 2.48. The third kappa shape index (κ3) is 3.21. The van der Waals surface area contributed by atoms with Crippen molar-refractivity contribution in [1.82, 2.24) is 10.2 Å². The Bertz CT molecular complexity index is 242. The lowest BCUT2D eigenvalue weighted by Gasteiger charge is -2.33. The molecular formula is C13H24N2O. The summed E-state index contributed by atoms with van der Waals surface area (Å²) in [5.74, 6) is 1.12. The summed E-state index contributed by atoms with van der Waals surface area (Å²) in [5, 5.41) is 3.29. The lowest BCUT2D eigenvalue weighted by Crippen LogP contribution is -2.43. The number of carbonyl (C=O) groups excluding carboxylic acids is 1. The highest BCUT2D eigenvalue weighted by molar-refractivity contribution is 5.78. The van der Waals surface area contributed by atoms with E-state index in [1.54, 1.807) is 0 Å². The summed E-state index contributed by atoms with van der Waals surface area (Å²) in [6, 6.07) is 1.12. The smallest absolute Gasteiger partial charge is 0.236 e. The maximum absolute atomic E-state index is 11.9. The first-order valence-electron chi connectivity index (χ1n) is 6.66. The van der Waals surface area contributed by atoms with Crippen molar-refractivity contribution in [2.45, 2.75) is 57.5 Å². The van der Waals surface area contributed by atoms with Gasteiger partial charge in [-0.05, 0) is 44.4 Å². The Balaban J connectivity index is 1.72. The number of nitrogens with one attached hydrogen (secondary N) is 1. The van der Waals surface area contributed by atoms with E-state index in [9.17, 15) is 4.79 Å². The molecule has 0 bridgehead atoms. The van der Waals surface area contributed by atoms with E-state index in [0.717, 1.165) is 5.92 Å².